The first kappa shape index (κ1) is 7.07. The molecule has 1 saturated carbocycles. The molecule has 1 aliphatic carbocycles. The molecule has 0 N–H and O–H groups in total. The molecule has 0 heterocycles. The Morgan fingerprint density at radius 1 is 1.56 bits per heavy atom. The van der Waals surface area contributed by atoms with Gasteiger partial charge in [-0.3, -0.25) is 0 Å². The van der Waals surface area contributed by atoms with Crippen molar-refractivity contribution in [1.82, 2.24) is 0 Å². The van der Waals surface area contributed by atoms with Crippen molar-refractivity contribution in [3.63, 3.8) is 0 Å². The number of hydrogen-bond donors (Lipinski definition) is 0. The summed E-state index contributed by atoms with van der Waals surface area (Å²) in [5, 5.41) is 0. The second kappa shape index (κ2) is 2.30. The SMILES string of the molecule is [CH2][N+](C)(CCC)C1CC1. The van der Waals surface area contributed by atoms with Crippen LogP contribution in [0.15, 0.2) is 0 Å². The van der Waals surface area contributed by atoms with Crippen LogP contribution < -0.4 is 0 Å². The van der Waals surface area contributed by atoms with Gasteiger partial charge >= 0.3 is 0 Å². The minimum absolute atomic E-state index is 0.893. The van der Waals surface area contributed by atoms with Crippen LogP contribution in [0.1, 0.15) is 26.2 Å². The largest absolute Gasteiger partial charge is 0.319 e. The highest BCUT2D eigenvalue weighted by Crippen LogP contribution is 2.31. The lowest BCUT2D eigenvalue weighted by Crippen LogP contribution is -2.39. The first-order chi connectivity index (χ1) is 4.17. The molecule has 1 aliphatic rings. The second-order valence-corrected chi connectivity index (χ2v) is 3.43. The zero-order valence-corrected chi connectivity index (χ0v) is 6.56. The van der Waals surface area contributed by atoms with Gasteiger partial charge in [0.2, 0.25) is 0 Å². The average Bonchev–Trinajstić information content (AvgIpc) is 2.41. The molecule has 1 rings (SSSR count). The molecular weight excluding hydrogens is 110 g/mol. The fraction of sp³-hybridized carbons (Fsp3) is 0.875. The van der Waals surface area contributed by atoms with Crippen molar-refractivity contribution in [2.24, 2.45) is 0 Å². The summed E-state index contributed by atoms with van der Waals surface area (Å²) in [6, 6.07) is 0.893. The maximum atomic E-state index is 4.16. The van der Waals surface area contributed by atoms with E-state index in [4.69, 9.17) is 0 Å². The lowest BCUT2D eigenvalue weighted by molar-refractivity contribution is -0.877. The molecule has 0 aromatic carbocycles. The molecule has 9 heavy (non-hydrogen) atoms. The lowest BCUT2D eigenvalue weighted by Gasteiger charge is -2.28. The first-order valence-electron chi connectivity index (χ1n) is 3.86. The summed E-state index contributed by atoms with van der Waals surface area (Å²) in [5.74, 6) is 0. The van der Waals surface area contributed by atoms with E-state index in [1.165, 1.54) is 25.8 Å². The molecule has 0 amide bonds. The van der Waals surface area contributed by atoms with E-state index in [0.29, 0.717) is 0 Å². The molecule has 1 nitrogen and oxygen atoms in total. The lowest BCUT2D eigenvalue weighted by atomic mass is 10.3. The van der Waals surface area contributed by atoms with Crippen LogP contribution in [0, 0.1) is 7.05 Å². The Labute approximate surface area is 58.3 Å². The van der Waals surface area contributed by atoms with Crippen LogP contribution in [0.4, 0.5) is 0 Å². The molecule has 0 aliphatic heterocycles. The van der Waals surface area contributed by atoms with Crippen LogP contribution in [-0.2, 0) is 0 Å². The molecule has 0 spiro atoms. The fourth-order valence-electron chi connectivity index (χ4n) is 1.39. The number of rotatable bonds is 3. The quantitative estimate of drug-likeness (QED) is 0.507. The molecule has 53 valence electrons. The van der Waals surface area contributed by atoms with Crippen LogP contribution >= 0.6 is 0 Å². The summed E-state index contributed by atoms with van der Waals surface area (Å²) in [6.45, 7) is 3.47. The summed E-state index contributed by atoms with van der Waals surface area (Å²) in [5.41, 5.74) is 0. The predicted molar refractivity (Wildman–Crippen MR) is 39.7 cm³/mol. The second-order valence-electron chi connectivity index (χ2n) is 3.43. The Hall–Kier alpha value is -0.0400. The minimum Gasteiger partial charge on any atom is -0.319 e. The first-order valence-corrected chi connectivity index (χ1v) is 3.86. The van der Waals surface area contributed by atoms with Crippen molar-refractivity contribution >= 4 is 0 Å². The van der Waals surface area contributed by atoms with E-state index in [1.54, 1.807) is 0 Å². The van der Waals surface area contributed by atoms with Gasteiger partial charge in [0.05, 0.1) is 19.6 Å². The number of hydrogen-bond acceptors (Lipinski definition) is 0. The highest BCUT2D eigenvalue weighted by molar-refractivity contribution is 4.74. The zero-order valence-electron chi connectivity index (χ0n) is 6.56. The van der Waals surface area contributed by atoms with Crippen LogP contribution in [0.3, 0.4) is 0 Å². The van der Waals surface area contributed by atoms with Crippen LogP contribution in [-0.4, -0.2) is 24.1 Å². The molecule has 0 bridgehead atoms. The molecule has 1 fully saturated rings. The molecule has 1 atom stereocenters. The average molecular weight is 127 g/mol. The smallest absolute Gasteiger partial charge is 0.128 e. The predicted octanol–water partition coefficient (Wildman–Crippen LogP) is 1.80. The van der Waals surface area contributed by atoms with E-state index < -0.39 is 0 Å². The Morgan fingerprint density at radius 3 is 2.44 bits per heavy atom. The molecule has 0 aromatic rings. The van der Waals surface area contributed by atoms with Gasteiger partial charge in [0.15, 0.2) is 0 Å². The Morgan fingerprint density at radius 2 is 2.11 bits per heavy atom. The van der Waals surface area contributed by atoms with E-state index >= 15 is 0 Å². The van der Waals surface area contributed by atoms with Crippen molar-refractivity contribution in [3.05, 3.63) is 7.05 Å². The highest BCUT2D eigenvalue weighted by atomic mass is 15.3. The summed E-state index contributed by atoms with van der Waals surface area (Å²) < 4.78 is 1.01. The van der Waals surface area contributed by atoms with Crippen LogP contribution in [0.25, 0.3) is 0 Å². The van der Waals surface area contributed by atoms with Crippen molar-refractivity contribution in [1.29, 1.82) is 0 Å². The number of quaternary nitrogens is 1. The third kappa shape index (κ3) is 1.68. The fourth-order valence-corrected chi connectivity index (χ4v) is 1.39. The van der Waals surface area contributed by atoms with Crippen LogP contribution in [0.5, 0.6) is 0 Å². The minimum atomic E-state index is 0.893. The molecule has 0 aromatic heterocycles. The van der Waals surface area contributed by atoms with E-state index in [9.17, 15) is 0 Å². The highest BCUT2D eigenvalue weighted by Gasteiger charge is 2.37. The van der Waals surface area contributed by atoms with Crippen LogP contribution in [0.2, 0.25) is 0 Å². The molecule has 1 heteroatoms. The summed E-state index contributed by atoms with van der Waals surface area (Å²) in [6.07, 6.45) is 4.07. The van der Waals surface area contributed by atoms with Gasteiger partial charge in [0.1, 0.15) is 7.05 Å². The van der Waals surface area contributed by atoms with Crippen molar-refractivity contribution in [2.45, 2.75) is 32.2 Å². The molecule has 1 unspecified atom stereocenters. The maximum Gasteiger partial charge on any atom is 0.128 e. The van der Waals surface area contributed by atoms with Gasteiger partial charge in [-0.1, -0.05) is 6.92 Å². The molecular formula is C8H17N+. The van der Waals surface area contributed by atoms with Gasteiger partial charge in [-0.25, -0.2) is 0 Å². The van der Waals surface area contributed by atoms with Gasteiger partial charge in [0, 0.05) is 12.8 Å². The molecule has 0 saturated heterocycles. The van der Waals surface area contributed by atoms with Gasteiger partial charge in [-0.05, 0) is 6.42 Å². The van der Waals surface area contributed by atoms with Gasteiger partial charge < -0.3 is 4.48 Å². The summed E-state index contributed by atoms with van der Waals surface area (Å²) in [7, 11) is 6.40. The summed E-state index contributed by atoms with van der Waals surface area (Å²) >= 11 is 0. The topological polar surface area (TPSA) is 0 Å². The third-order valence-electron chi connectivity index (χ3n) is 2.16. The van der Waals surface area contributed by atoms with Crippen molar-refractivity contribution < 1.29 is 4.48 Å². The number of nitrogens with zero attached hydrogens (tertiary/aromatic N) is 1. The van der Waals surface area contributed by atoms with Crippen molar-refractivity contribution in [2.75, 3.05) is 13.6 Å². The monoisotopic (exact) mass is 127 g/mol. The van der Waals surface area contributed by atoms with Gasteiger partial charge in [0.25, 0.3) is 0 Å². The van der Waals surface area contributed by atoms with Crippen molar-refractivity contribution in [3.8, 4) is 0 Å². The summed E-state index contributed by atoms with van der Waals surface area (Å²) in [4.78, 5) is 0. The van der Waals surface area contributed by atoms with E-state index in [0.717, 1.165) is 10.5 Å². The zero-order chi connectivity index (χ0) is 6.91. The molecule has 1 radical (unpaired) electrons. The third-order valence-corrected chi connectivity index (χ3v) is 2.16. The van der Waals surface area contributed by atoms with E-state index in [1.807, 2.05) is 0 Å². The maximum absolute atomic E-state index is 4.16. The van der Waals surface area contributed by atoms with E-state index in [2.05, 4.69) is 21.0 Å². The Bertz CT molecular complexity index is 92.7. The standard InChI is InChI=1S/C8H17N/c1-4-7-9(2,3)8-5-6-8/h8H,2,4-7H2,1,3H3/q+1. The van der Waals surface area contributed by atoms with Gasteiger partial charge in [-0.2, -0.15) is 0 Å². The normalized spacial score (nSPS) is 20.3. The Balaban J connectivity index is 2.30. The van der Waals surface area contributed by atoms with Gasteiger partial charge in [-0.15, -0.1) is 0 Å². The Kier molecular flexibility index (Phi) is 1.80. The van der Waals surface area contributed by atoms with E-state index in [-0.39, 0.29) is 0 Å².